The second-order valence-electron chi connectivity index (χ2n) is 5.43. The van der Waals surface area contributed by atoms with Crippen LogP contribution in [0.25, 0.3) is 0 Å². The summed E-state index contributed by atoms with van der Waals surface area (Å²) < 4.78 is 4.90. The van der Waals surface area contributed by atoms with Crippen molar-refractivity contribution >= 4 is 5.91 Å². The maximum Gasteiger partial charge on any atom is 0.236 e. The van der Waals surface area contributed by atoms with Crippen molar-refractivity contribution in [1.29, 1.82) is 0 Å². The fourth-order valence-electron chi connectivity index (χ4n) is 2.10. The third-order valence-electron chi connectivity index (χ3n) is 3.48. The lowest BCUT2D eigenvalue weighted by Gasteiger charge is -2.13. The van der Waals surface area contributed by atoms with Gasteiger partial charge in [0.15, 0.2) is 0 Å². The Morgan fingerprint density at radius 1 is 1.00 bits per heavy atom. The van der Waals surface area contributed by atoms with Crippen molar-refractivity contribution in [2.24, 2.45) is 0 Å². The lowest BCUT2D eigenvalue weighted by molar-refractivity contribution is -0.122. The van der Waals surface area contributed by atoms with Gasteiger partial charge in [0.25, 0.3) is 0 Å². The molecular weight excluding hydrogens is 252 g/mol. The van der Waals surface area contributed by atoms with Gasteiger partial charge in [0.05, 0.1) is 12.6 Å². The minimum absolute atomic E-state index is 0.0571. The second-order valence-corrected chi connectivity index (χ2v) is 5.43. The van der Waals surface area contributed by atoms with Crippen molar-refractivity contribution < 1.29 is 9.53 Å². The van der Waals surface area contributed by atoms with E-state index < -0.39 is 0 Å². The number of hydrogen-bond acceptors (Lipinski definition) is 3. The molecule has 0 aromatic heterocycles. The van der Waals surface area contributed by atoms with Crippen LogP contribution < -0.4 is 10.6 Å². The van der Waals surface area contributed by atoms with Crippen LogP contribution in [0.5, 0.6) is 0 Å². The minimum Gasteiger partial charge on any atom is -0.383 e. The lowest BCUT2D eigenvalue weighted by atomic mass is 10.1. The highest BCUT2D eigenvalue weighted by Gasteiger charge is 2.10. The van der Waals surface area contributed by atoms with Gasteiger partial charge in [-0.1, -0.05) is 51.9 Å². The topological polar surface area (TPSA) is 50.4 Å². The predicted molar refractivity (Wildman–Crippen MR) is 85.0 cm³/mol. The largest absolute Gasteiger partial charge is 0.383 e. The van der Waals surface area contributed by atoms with E-state index in [0.717, 1.165) is 13.0 Å². The maximum atomic E-state index is 11.7. The fraction of sp³-hybridized carbons (Fsp3) is 0.938. The van der Waals surface area contributed by atoms with Gasteiger partial charge in [-0.2, -0.15) is 0 Å². The maximum absolute atomic E-state index is 11.7. The highest BCUT2D eigenvalue weighted by Crippen LogP contribution is 2.07. The zero-order valence-corrected chi connectivity index (χ0v) is 13.7. The number of hydrogen-bond donors (Lipinski definition) is 2. The van der Waals surface area contributed by atoms with Gasteiger partial charge in [-0.15, -0.1) is 0 Å². The van der Waals surface area contributed by atoms with E-state index in [1.165, 1.54) is 44.9 Å². The summed E-state index contributed by atoms with van der Waals surface area (Å²) in [4.78, 5) is 11.7. The molecule has 0 spiro atoms. The number of methoxy groups -OCH3 is 1. The van der Waals surface area contributed by atoms with Gasteiger partial charge in [-0.05, 0) is 19.9 Å². The number of carbonyl (C=O) groups is 1. The Hall–Kier alpha value is -0.610. The van der Waals surface area contributed by atoms with Gasteiger partial charge >= 0.3 is 0 Å². The van der Waals surface area contributed by atoms with E-state index in [-0.39, 0.29) is 11.9 Å². The first-order valence-electron chi connectivity index (χ1n) is 8.22. The Bertz CT molecular complexity index is 223. The molecule has 1 amide bonds. The monoisotopic (exact) mass is 286 g/mol. The summed E-state index contributed by atoms with van der Waals surface area (Å²) in [5.41, 5.74) is 0. The average molecular weight is 286 g/mol. The van der Waals surface area contributed by atoms with E-state index in [2.05, 4.69) is 17.6 Å². The summed E-state index contributed by atoms with van der Waals surface area (Å²) in [6.45, 7) is 6.23. The van der Waals surface area contributed by atoms with Crippen molar-refractivity contribution in [1.82, 2.24) is 10.6 Å². The molecule has 0 rings (SSSR count). The van der Waals surface area contributed by atoms with Crippen LogP contribution in [0.15, 0.2) is 0 Å². The number of unbranched alkanes of at least 4 members (excludes halogenated alkanes) is 7. The first-order chi connectivity index (χ1) is 9.72. The molecule has 120 valence electrons. The van der Waals surface area contributed by atoms with Crippen LogP contribution >= 0.6 is 0 Å². The van der Waals surface area contributed by atoms with Gasteiger partial charge in [-0.25, -0.2) is 0 Å². The molecule has 1 atom stereocenters. The standard InChI is InChI=1S/C16H34N2O2/c1-4-5-6-7-8-9-10-11-12-17-15(2)16(19)18-13-14-20-3/h15,17H,4-14H2,1-3H3,(H,18,19). The van der Waals surface area contributed by atoms with Crippen LogP contribution in [0.4, 0.5) is 0 Å². The van der Waals surface area contributed by atoms with E-state index in [0.29, 0.717) is 13.2 Å². The molecule has 1 unspecified atom stereocenters. The summed E-state index contributed by atoms with van der Waals surface area (Å²) in [5, 5.41) is 6.11. The molecule has 0 aliphatic rings. The minimum atomic E-state index is -0.114. The zero-order chi connectivity index (χ0) is 15.1. The quantitative estimate of drug-likeness (QED) is 0.483. The SMILES string of the molecule is CCCCCCCCCCNC(C)C(=O)NCCOC. The Balaban J connectivity index is 3.30. The van der Waals surface area contributed by atoms with Crippen molar-refractivity contribution in [3.05, 3.63) is 0 Å². The van der Waals surface area contributed by atoms with Gasteiger partial charge in [0.1, 0.15) is 0 Å². The first-order valence-corrected chi connectivity index (χ1v) is 8.22. The lowest BCUT2D eigenvalue weighted by Crippen LogP contribution is -2.43. The summed E-state index contributed by atoms with van der Waals surface area (Å²) >= 11 is 0. The molecule has 0 aromatic carbocycles. The number of ether oxygens (including phenoxy) is 1. The molecule has 4 heteroatoms. The molecule has 0 saturated heterocycles. The van der Waals surface area contributed by atoms with Crippen molar-refractivity contribution in [3.63, 3.8) is 0 Å². The molecule has 20 heavy (non-hydrogen) atoms. The molecule has 0 heterocycles. The molecule has 0 aromatic rings. The Kier molecular flexibility index (Phi) is 14.3. The second kappa shape index (κ2) is 14.8. The number of amides is 1. The Labute approximate surface area is 125 Å². The molecule has 0 saturated carbocycles. The van der Waals surface area contributed by atoms with Crippen LogP contribution in [-0.4, -0.2) is 38.8 Å². The Morgan fingerprint density at radius 2 is 1.60 bits per heavy atom. The van der Waals surface area contributed by atoms with E-state index in [9.17, 15) is 4.79 Å². The van der Waals surface area contributed by atoms with Crippen molar-refractivity contribution in [2.75, 3.05) is 26.8 Å². The third-order valence-corrected chi connectivity index (χ3v) is 3.48. The third kappa shape index (κ3) is 12.4. The molecule has 0 aliphatic carbocycles. The highest BCUT2D eigenvalue weighted by molar-refractivity contribution is 5.81. The molecule has 0 radical (unpaired) electrons. The van der Waals surface area contributed by atoms with Gasteiger partial charge in [0.2, 0.25) is 5.91 Å². The highest BCUT2D eigenvalue weighted by atomic mass is 16.5. The van der Waals surface area contributed by atoms with Crippen molar-refractivity contribution in [2.45, 2.75) is 71.3 Å². The van der Waals surface area contributed by atoms with Crippen LogP contribution in [0.1, 0.15) is 65.2 Å². The van der Waals surface area contributed by atoms with Crippen LogP contribution in [0, 0.1) is 0 Å². The fourth-order valence-corrected chi connectivity index (χ4v) is 2.10. The molecule has 0 bridgehead atoms. The Morgan fingerprint density at radius 3 is 2.20 bits per heavy atom. The van der Waals surface area contributed by atoms with Crippen LogP contribution in [-0.2, 0) is 9.53 Å². The first kappa shape index (κ1) is 19.4. The number of nitrogens with one attached hydrogen (secondary N) is 2. The molecule has 0 fully saturated rings. The van der Waals surface area contributed by atoms with E-state index in [1.54, 1.807) is 7.11 Å². The van der Waals surface area contributed by atoms with Crippen LogP contribution in [0.2, 0.25) is 0 Å². The molecule has 2 N–H and O–H groups in total. The number of rotatable bonds is 14. The zero-order valence-electron chi connectivity index (χ0n) is 13.7. The van der Waals surface area contributed by atoms with Gasteiger partial charge < -0.3 is 15.4 Å². The predicted octanol–water partition coefficient (Wildman–Crippen LogP) is 2.87. The van der Waals surface area contributed by atoms with E-state index >= 15 is 0 Å². The van der Waals surface area contributed by atoms with Crippen molar-refractivity contribution in [3.8, 4) is 0 Å². The van der Waals surface area contributed by atoms with Gasteiger partial charge in [-0.3, -0.25) is 4.79 Å². The van der Waals surface area contributed by atoms with E-state index in [1.807, 2.05) is 6.92 Å². The summed E-state index contributed by atoms with van der Waals surface area (Å²) in [6, 6.07) is -0.114. The molecular formula is C16H34N2O2. The van der Waals surface area contributed by atoms with E-state index in [4.69, 9.17) is 4.74 Å². The molecule has 4 nitrogen and oxygen atoms in total. The molecule has 0 aliphatic heterocycles. The smallest absolute Gasteiger partial charge is 0.236 e. The average Bonchev–Trinajstić information content (AvgIpc) is 2.45. The summed E-state index contributed by atoms with van der Waals surface area (Å²) in [5.74, 6) is 0.0571. The van der Waals surface area contributed by atoms with Gasteiger partial charge in [0, 0.05) is 13.7 Å². The normalized spacial score (nSPS) is 12.3. The summed E-state index contributed by atoms with van der Waals surface area (Å²) in [7, 11) is 1.64. The number of carbonyl (C=O) groups excluding carboxylic acids is 1. The van der Waals surface area contributed by atoms with Crippen LogP contribution in [0.3, 0.4) is 0 Å². The summed E-state index contributed by atoms with van der Waals surface area (Å²) in [6.07, 6.45) is 10.5.